The molecular formula is C14H18FN3S. The first-order valence-corrected chi connectivity index (χ1v) is 6.98. The van der Waals surface area contributed by atoms with Crippen molar-refractivity contribution in [3.8, 4) is 0 Å². The minimum atomic E-state index is -0.175. The van der Waals surface area contributed by atoms with E-state index in [2.05, 4.69) is 10.4 Å². The van der Waals surface area contributed by atoms with Crippen molar-refractivity contribution >= 4 is 11.8 Å². The molecule has 1 aromatic carbocycles. The van der Waals surface area contributed by atoms with E-state index in [1.165, 1.54) is 17.8 Å². The minimum absolute atomic E-state index is 0.0296. The summed E-state index contributed by atoms with van der Waals surface area (Å²) in [6.07, 6.45) is 0. The molecule has 3 nitrogen and oxygen atoms in total. The monoisotopic (exact) mass is 279 g/mol. The van der Waals surface area contributed by atoms with Crippen molar-refractivity contribution < 1.29 is 4.39 Å². The molecule has 0 bridgehead atoms. The van der Waals surface area contributed by atoms with Crippen LogP contribution in [0.1, 0.15) is 24.2 Å². The van der Waals surface area contributed by atoms with E-state index in [0.717, 1.165) is 15.6 Å². The smallest absolute Gasteiger partial charge is 0.129 e. The van der Waals surface area contributed by atoms with Gasteiger partial charge in [-0.1, -0.05) is 17.8 Å². The molecule has 0 fully saturated rings. The first kappa shape index (κ1) is 14.1. The number of nitrogens with zero attached hydrogens (tertiary/aromatic N) is 2. The fraction of sp³-hybridized carbons (Fsp3) is 0.357. The van der Waals surface area contributed by atoms with E-state index in [4.69, 9.17) is 0 Å². The van der Waals surface area contributed by atoms with Gasteiger partial charge in [-0.3, -0.25) is 4.68 Å². The number of aromatic nitrogens is 2. The van der Waals surface area contributed by atoms with Gasteiger partial charge in [-0.05, 0) is 39.1 Å². The van der Waals surface area contributed by atoms with Gasteiger partial charge in [0, 0.05) is 23.5 Å². The topological polar surface area (TPSA) is 29.9 Å². The van der Waals surface area contributed by atoms with Crippen molar-refractivity contribution in [1.82, 2.24) is 15.1 Å². The van der Waals surface area contributed by atoms with Gasteiger partial charge in [0.05, 0.1) is 10.7 Å². The fourth-order valence-corrected chi connectivity index (χ4v) is 3.12. The lowest BCUT2D eigenvalue weighted by atomic mass is 10.1. The highest BCUT2D eigenvalue weighted by molar-refractivity contribution is 7.99. The molecule has 0 aliphatic rings. The molecule has 102 valence electrons. The summed E-state index contributed by atoms with van der Waals surface area (Å²) < 4.78 is 15.8. The molecule has 1 atom stereocenters. The van der Waals surface area contributed by atoms with Crippen LogP contribution in [-0.2, 0) is 7.05 Å². The Kier molecular flexibility index (Phi) is 4.27. The van der Waals surface area contributed by atoms with E-state index < -0.39 is 0 Å². The Bertz CT molecular complexity index is 580. The highest BCUT2D eigenvalue weighted by Crippen LogP contribution is 2.34. The van der Waals surface area contributed by atoms with E-state index in [0.29, 0.717) is 5.56 Å². The van der Waals surface area contributed by atoms with Crippen molar-refractivity contribution in [2.75, 3.05) is 7.05 Å². The van der Waals surface area contributed by atoms with E-state index >= 15 is 0 Å². The second kappa shape index (κ2) is 5.75. The highest BCUT2D eigenvalue weighted by atomic mass is 32.2. The standard InChI is InChI=1S/C14H18FN3S/c1-9-8-13(18(4)17-9)19-12-7-5-6-11(15)14(12)10(2)16-3/h5-8,10,16H,1-4H3. The van der Waals surface area contributed by atoms with Crippen molar-refractivity contribution in [3.05, 3.63) is 41.3 Å². The first-order chi connectivity index (χ1) is 9.02. The summed E-state index contributed by atoms with van der Waals surface area (Å²) in [7, 11) is 3.73. The van der Waals surface area contributed by atoms with E-state index in [1.54, 1.807) is 6.07 Å². The molecule has 0 saturated carbocycles. The zero-order valence-corrected chi connectivity index (χ0v) is 12.4. The summed E-state index contributed by atoms with van der Waals surface area (Å²) in [6.45, 7) is 3.91. The van der Waals surface area contributed by atoms with Gasteiger partial charge in [0.15, 0.2) is 0 Å². The molecule has 1 N–H and O–H groups in total. The van der Waals surface area contributed by atoms with Crippen LogP contribution in [0.4, 0.5) is 4.39 Å². The van der Waals surface area contributed by atoms with Crippen LogP contribution in [0.5, 0.6) is 0 Å². The van der Waals surface area contributed by atoms with Gasteiger partial charge in [0.2, 0.25) is 0 Å². The number of benzene rings is 1. The lowest BCUT2D eigenvalue weighted by Crippen LogP contribution is -2.15. The second-order valence-corrected chi connectivity index (χ2v) is 5.57. The Morgan fingerprint density at radius 2 is 2.16 bits per heavy atom. The first-order valence-electron chi connectivity index (χ1n) is 6.17. The molecule has 0 spiro atoms. The van der Waals surface area contributed by atoms with E-state index in [1.807, 2.05) is 44.8 Å². The lowest BCUT2D eigenvalue weighted by molar-refractivity contribution is 0.552. The van der Waals surface area contributed by atoms with Crippen LogP contribution in [0.3, 0.4) is 0 Å². The number of hydrogen-bond acceptors (Lipinski definition) is 3. The Morgan fingerprint density at radius 1 is 1.42 bits per heavy atom. The molecule has 0 aliphatic carbocycles. The number of nitrogens with one attached hydrogen (secondary N) is 1. The molecule has 2 rings (SSSR count). The maximum atomic E-state index is 14.0. The quantitative estimate of drug-likeness (QED) is 0.931. The zero-order chi connectivity index (χ0) is 14.0. The Labute approximate surface area is 117 Å². The predicted octanol–water partition coefficient (Wildman–Crippen LogP) is 3.30. The van der Waals surface area contributed by atoms with Crippen molar-refractivity contribution in [2.45, 2.75) is 29.8 Å². The fourth-order valence-electron chi connectivity index (χ4n) is 1.97. The van der Waals surface area contributed by atoms with Gasteiger partial charge in [0.1, 0.15) is 5.82 Å². The summed E-state index contributed by atoms with van der Waals surface area (Å²) in [4.78, 5) is 0.921. The van der Waals surface area contributed by atoms with E-state index in [-0.39, 0.29) is 11.9 Å². The van der Waals surface area contributed by atoms with Gasteiger partial charge in [-0.15, -0.1) is 0 Å². The molecule has 5 heteroatoms. The Morgan fingerprint density at radius 3 is 2.74 bits per heavy atom. The maximum absolute atomic E-state index is 14.0. The van der Waals surface area contributed by atoms with Crippen LogP contribution in [-0.4, -0.2) is 16.8 Å². The van der Waals surface area contributed by atoms with E-state index in [9.17, 15) is 4.39 Å². The molecule has 2 aromatic rings. The number of aryl methyl sites for hydroxylation is 2. The predicted molar refractivity (Wildman–Crippen MR) is 75.9 cm³/mol. The summed E-state index contributed by atoms with van der Waals surface area (Å²) in [5.74, 6) is -0.175. The van der Waals surface area contributed by atoms with Gasteiger partial charge in [-0.2, -0.15) is 5.10 Å². The normalized spacial score (nSPS) is 12.7. The number of hydrogen-bond donors (Lipinski definition) is 1. The molecule has 0 saturated heterocycles. The molecule has 1 unspecified atom stereocenters. The Balaban J connectivity index is 2.40. The Hall–Kier alpha value is -1.33. The second-order valence-electron chi connectivity index (χ2n) is 4.51. The summed E-state index contributed by atoms with van der Waals surface area (Å²) in [5.41, 5.74) is 1.67. The molecular weight excluding hydrogens is 261 g/mol. The minimum Gasteiger partial charge on any atom is -0.313 e. The number of halogens is 1. The summed E-state index contributed by atoms with van der Waals surface area (Å²) in [5, 5.41) is 8.41. The third-order valence-electron chi connectivity index (χ3n) is 3.05. The maximum Gasteiger partial charge on any atom is 0.129 e. The average molecular weight is 279 g/mol. The third-order valence-corrected chi connectivity index (χ3v) is 4.22. The molecule has 0 radical (unpaired) electrons. The van der Waals surface area contributed by atoms with Gasteiger partial charge >= 0.3 is 0 Å². The SMILES string of the molecule is CNC(C)c1c(F)cccc1Sc1cc(C)nn1C. The van der Waals surface area contributed by atoms with Crippen LogP contribution in [0.25, 0.3) is 0 Å². The van der Waals surface area contributed by atoms with Crippen molar-refractivity contribution in [2.24, 2.45) is 7.05 Å². The zero-order valence-electron chi connectivity index (χ0n) is 11.6. The van der Waals surface area contributed by atoms with Gasteiger partial charge < -0.3 is 5.32 Å². The third kappa shape index (κ3) is 2.98. The van der Waals surface area contributed by atoms with Crippen LogP contribution in [0.2, 0.25) is 0 Å². The van der Waals surface area contributed by atoms with Crippen LogP contribution in [0.15, 0.2) is 34.2 Å². The lowest BCUT2D eigenvalue weighted by Gasteiger charge is -2.16. The molecule has 0 aliphatic heterocycles. The average Bonchev–Trinajstić information content (AvgIpc) is 2.67. The van der Waals surface area contributed by atoms with Crippen LogP contribution in [0, 0.1) is 12.7 Å². The van der Waals surface area contributed by atoms with Crippen LogP contribution < -0.4 is 5.32 Å². The highest BCUT2D eigenvalue weighted by Gasteiger charge is 2.16. The van der Waals surface area contributed by atoms with Crippen molar-refractivity contribution in [1.29, 1.82) is 0 Å². The summed E-state index contributed by atoms with van der Waals surface area (Å²) in [6, 6.07) is 7.16. The van der Waals surface area contributed by atoms with Gasteiger partial charge in [-0.25, -0.2) is 4.39 Å². The van der Waals surface area contributed by atoms with Crippen LogP contribution >= 0.6 is 11.8 Å². The molecule has 0 amide bonds. The van der Waals surface area contributed by atoms with Gasteiger partial charge in [0.25, 0.3) is 0 Å². The summed E-state index contributed by atoms with van der Waals surface area (Å²) >= 11 is 1.54. The molecule has 1 aromatic heterocycles. The molecule has 1 heterocycles. The number of rotatable bonds is 4. The molecule has 19 heavy (non-hydrogen) atoms. The largest absolute Gasteiger partial charge is 0.313 e. The van der Waals surface area contributed by atoms with Crippen molar-refractivity contribution in [3.63, 3.8) is 0 Å².